The van der Waals surface area contributed by atoms with Crippen molar-refractivity contribution in [1.82, 2.24) is 15.4 Å². The normalized spacial score (nSPS) is 27.1. The lowest BCUT2D eigenvalue weighted by atomic mass is 9.43. The number of sulfonamides is 1. The van der Waals surface area contributed by atoms with Crippen LogP contribution in [0.1, 0.15) is 99.3 Å². The lowest BCUT2D eigenvalue weighted by Gasteiger charge is -2.64. The first kappa shape index (κ1) is 35.6. The van der Waals surface area contributed by atoms with E-state index in [1.807, 2.05) is 0 Å². The minimum atomic E-state index is -3.22. The third-order valence-corrected chi connectivity index (χ3v) is 11.1. The summed E-state index contributed by atoms with van der Waals surface area (Å²) in [5.74, 6) is 0.474. The van der Waals surface area contributed by atoms with E-state index in [9.17, 15) is 18.0 Å². The Labute approximate surface area is 258 Å². The van der Waals surface area contributed by atoms with Crippen molar-refractivity contribution in [3.63, 3.8) is 0 Å². The minimum Gasteiger partial charge on any atom is -0.404 e. The zero-order valence-corrected chi connectivity index (χ0v) is 27.8. The van der Waals surface area contributed by atoms with Crippen LogP contribution < -0.4 is 26.8 Å². The van der Waals surface area contributed by atoms with Crippen molar-refractivity contribution in [2.45, 2.75) is 123 Å². The molecule has 4 fully saturated rings. The molecule has 0 aromatic heterocycles. The van der Waals surface area contributed by atoms with Crippen LogP contribution in [0.2, 0.25) is 0 Å². The molecule has 43 heavy (non-hydrogen) atoms. The van der Waals surface area contributed by atoms with Crippen LogP contribution in [0.4, 0.5) is 0 Å². The van der Waals surface area contributed by atoms with Crippen molar-refractivity contribution in [3.05, 3.63) is 0 Å². The van der Waals surface area contributed by atoms with Gasteiger partial charge in [0.1, 0.15) is 6.04 Å². The predicted octanol–water partition coefficient (Wildman–Crippen LogP) is 1.82. The van der Waals surface area contributed by atoms with Gasteiger partial charge in [-0.05, 0) is 82.0 Å². The third kappa shape index (κ3) is 9.31. The topological polar surface area (TPSA) is 187 Å². The van der Waals surface area contributed by atoms with Crippen LogP contribution in [0.25, 0.3) is 0 Å². The molecule has 3 saturated carbocycles. The first-order valence-electron chi connectivity index (χ1n) is 16.0. The summed E-state index contributed by atoms with van der Waals surface area (Å²) in [7, 11) is -3.78. The molecule has 0 aromatic carbocycles. The number of carbonyl (C=O) groups excluding carboxylic acids is 2. The Hall–Kier alpha value is -1.90. The summed E-state index contributed by atoms with van der Waals surface area (Å²) in [5, 5.41) is 6.08. The van der Waals surface area contributed by atoms with Crippen molar-refractivity contribution in [2.24, 2.45) is 39.6 Å². The molecule has 6 atom stereocenters. The van der Waals surface area contributed by atoms with Gasteiger partial charge in [0.15, 0.2) is 5.96 Å². The molecule has 1 saturated heterocycles. The highest BCUT2D eigenvalue weighted by atomic mass is 32.2. The summed E-state index contributed by atoms with van der Waals surface area (Å²) in [6.45, 7) is 13.3. The first-order valence-corrected chi connectivity index (χ1v) is 17.7. The maximum absolute atomic E-state index is 13.7. The second-order valence-electron chi connectivity index (χ2n) is 13.8. The summed E-state index contributed by atoms with van der Waals surface area (Å²) in [4.78, 5) is 30.5. The van der Waals surface area contributed by atoms with E-state index in [0.29, 0.717) is 63.5 Å². The van der Waals surface area contributed by atoms with Gasteiger partial charge in [0.25, 0.3) is 0 Å². The molecule has 14 heteroatoms. The summed E-state index contributed by atoms with van der Waals surface area (Å²) in [6, 6.07) is -0.765. The number of unbranched alkanes of at least 4 members (excludes halogenated alkanes) is 2. The van der Waals surface area contributed by atoms with E-state index in [1.54, 1.807) is 6.92 Å². The molecule has 4 aliphatic rings. The molecular formula is C29H55BN6O6S. The molecule has 0 spiro atoms. The number of aliphatic imine (C=N–C) groups is 1. The van der Waals surface area contributed by atoms with Crippen LogP contribution >= 0.6 is 0 Å². The lowest BCUT2D eigenvalue weighted by molar-refractivity contribution is -0.199. The van der Waals surface area contributed by atoms with Gasteiger partial charge in [0.05, 0.1) is 23.4 Å². The Balaban J connectivity index is 1.60. The first-order chi connectivity index (χ1) is 20.1. The van der Waals surface area contributed by atoms with Crippen molar-refractivity contribution >= 4 is 34.9 Å². The number of guanidine groups is 1. The Morgan fingerprint density at radius 2 is 1.79 bits per heavy atom. The van der Waals surface area contributed by atoms with Gasteiger partial charge in [-0.15, -0.1) is 0 Å². The molecule has 0 unspecified atom stereocenters. The summed E-state index contributed by atoms with van der Waals surface area (Å²) < 4.78 is 38.9. The van der Waals surface area contributed by atoms with Crippen LogP contribution in [0.5, 0.6) is 0 Å². The quantitative estimate of drug-likeness (QED) is 0.0660. The van der Waals surface area contributed by atoms with Crippen LogP contribution in [0.3, 0.4) is 0 Å². The second-order valence-corrected chi connectivity index (χ2v) is 15.9. The van der Waals surface area contributed by atoms with Crippen LogP contribution in [0.15, 0.2) is 4.99 Å². The number of amides is 2. The maximum Gasteiger partial charge on any atom is 0.481 e. The molecule has 2 bridgehead atoms. The zero-order valence-electron chi connectivity index (χ0n) is 27.0. The highest BCUT2D eigenvalue weighted by Crippen LogP contribution is 2.65. The average Bonchev–Trinajstić information content (AvgIpc) is 3.28. The molecule has 4 rings (SSSR count). The number of nitrogens with two attached hydrogens (primary N) is 2. The fraction of sp³-hybridized carbons (Fsp3) is 0.897. The van der Waals surface area contributed by atoms with E-state index < -0.39 is 23.2 Å². The summed E-state index contributed by atoms with van der Waals surface area (Å²) in [5.41, 5.74) is 10.7. The van der Waals surface area contributed by atoms with Crippen molar-refractivity contribution in [1.29, 1.82) is 0 Å². The molecule has 7 N–H and O–H groups in total. The van der Waals surface area contributed by atoms with Gasteiger partial charge in [-0.3, -0.25) is 14.6 Å². The minimum absolute atomic E-state index is 0.00759. The molecule has 1 heterocycles. The lowest BCUT2D eigenvalue weighted by Crippen LogP contribution is -2.65. The Morgan fingerprint density at radius 1 is 1.07 bits per heavy atom. The number of hydrogen-bond acceptors (Lipinski definition) is 7. The number of nitrogens with one attached hydrogen (secondary N) is 3. The van der Waals surface area contributed by atoms with E-state index in [2.05, 4.69) is 55.0 Å². The van der Waals surface area contributed by atoms with Crippen molar-refractivity contribution < 1.29 is 27.3 Å². The summed E-state index contributed by atoms with van der Waals surface area (Å²) >= 11 is 0. The number of nitrogens with zero attached hydrogens (tertiary/aromatic N) is 1. The smallest absolute Gasteiger partial charge is 0.404 e. The average molecular weight is 627 g/mol. The van der Waals surface area contributed by atoms with Gasteiger partial charge in [0, 0.05) is 19.5 Å². The monoisotopic (exact) mass is 626 g/mol. The van der Waals surface area contributed by atoms with Gasteiger partial charge < -0.3 is 31.4 Å². The highest BCUT2D eigenvalue weighted by molar-refractivity contribution is 7.89. The van der Waals surface area contributed by atoms with E-state index in [1.165, 1.54) is 0 Å². The second kappa shape index (κ2) is 14.9. The Morgan fingerprint density at radius 3 is 2.42 bits per heavy atom. The predicted molar refractivity (Wildman–Crippen MR) is 169 cm³/mol. The van der Waals surface area contributed by atoms with Gasteiger partial charge in [0.2, 0.25) is 21.8 Å². The van der Waals surface area contributed by atoms with Crippen LogP contribution in [-0.2, 0) is 28.9 Å². The third-order valence-electron chi connectivity index (χ3n) is 9.73. The molecule has 3 aliphatic carbocycles. The molecule has 2 amide bonds. The van der Waals surface area contributed by atoms with E-state index in [-0.39, 0.29) is 58.9 Å². The van der Waals surface area contributed by atoms with Gasteiger partial charge >= 0.3 is 7.12 Å². The Kier molecular flexibility index (Phi) is 12.3. The highest BCUT2D eigenvalue weighted by Gasteiger charge is 2.68. The van der Waals surface area contributed by atoms with Crippen molar-refractivity contribution in [3.8, 4) is 0 Å². The maximum atomic E-state index is 13.7. The largest absolute Gasteiger partial charge is 0.481 e. The van der Waals surface area contributed by atoms with Gasteiger partial charge in [-0.25, -0.2) is 13.1 Å². The SMILES string of the molecule is CCS(=O)(=O)NCCCCCC(=O)N[C@@H](CCCN=C(N)N)C(=O)N[C@@H](CC(C)C)B1O[C@@H]2C[C@@H]3C[C@@H](C3(C)C)[C@]2(C)O1. The molecular weight excluding hydrogens is 571 g/mol. The number of carbonyl (C=O) groups is 2. The van der Waals surface area contributed by atoms with Gasteiger partial charge in [-0.2, -0.15) is 0 Å². The van der Waals surface area contributed by atoms with E-state index in [4.69, 9.17) is 20.8 Å². The zero-order chi connectivity index (χ0) is 32.0. The fourth-order valence-corrected chi connectivity index (χ4v) is 7.72. The summed E-state index contributed by atoms with van der Waals surface area (Å²) in [6.07, 6.45) is 5.81. The fourth-order valence-electron chi connectivity index (χ4n) is 7.06. The molecule has 12 nitrogen and oxygen atoms in total. The number of hydrogen-bond donors (Lipinski definition) is 5. The number of rotatable bonds is 18. The van der Waals surface area contributed by atoms with E-state index >= 15 is 0 Å². The Bertz CT molecular complexity index is 1100. The molecule has 0 radical (unpaired) electrons. The van der Waals surface area contributed by atoms with E-state index in [0.717, 1.165) is 12.8 Å². The van der Waals surface area contributed by atoms with Crippen LogP contribution in [-0.4, -0.2) is 75.8 Å². The molecule has 1 aliphatic heterocycles. The molecule has 246 valence electrons. The molecule has 0 aromatic rings. The standard InChI is InChI=1S/C29H55BN6O6S/c1-7-43(39,40)34-15-10-8-9-13-25(37)35-21(12-11-14-33-27(31)32)26(38)36-24(16-19(2)3)30-41-23-18-20-17-22(28(20,4)5)29(23,6)42-30/h19-24,34H,7-18H2,1-6H3,(H,35,37)(H,36,38)(H4,31,32,33)/t20-,21-,22-,23+,24-,29-/m0/s1. The van der Waals surface area contributed by atoms with Crippen molar-refractivity contribution in [2.75, 3.05) is 18.8 Å². The van der Waals surface area contributed by atoms with Crippen LogP contribution in [0, 0.1) is 23.2 Å². The van der Waals surface area contributed by atoms with Gasteiger partial charge in [-0.1, -0.05) is 34.1 Å².